The van der Waals surface area contributed by atoms with Gasteiger partial charge in [0.2, 0.25) is 11.8 Å². The maximum atomic E-state index is 11.5. The summed E-state index contributed by atoms with van der Waals surface area (Å²) >= 11 is 0. The van der Waals surface area contributed by atoms with Gasteiger partial charge in [-0.05, 0) is 13.8 Å². The Balaban J connectivity index is 4.26. The van der Waals surface area contributed by atoms with Gasteiger partial charge in [0.1, 0.15) is 11.6 Å². The van der Waals surface area contributed by atoms with Crippen LogP contribution in [0, 0.1) is 0 Å². The summed E-state index contributed by atoms with van der Waals surface area (Å²) in [5.74, 6) is 0.333. The molecule has 0 rings (SSSR count). The van der Waals surface area contributed by atoms with E-state index in [1.54, 1.807) is 27.9 Å². The van der Waals surface area contributed by atoms with Gasteiger partial charge in [-0.25, -0.2) is 0 Å². The summed E-state index contributed by atoms with van der Waals surface area (Å²) in [7, 11) is 3.25. The van der Waals surface area contributed by atoms with Crippen molar-refractivity contribution in [2.75, 3.05) is 79.5 Å². The molecule has 0 atom stereocenters. The minimum absolute atomic E-state index is 0.00386. The maximum Gasteiger partial charge on any atom is 0.221 e. The third kappa shape index (κ3) is 18.9. The topological polar surface area (TPSA) is 123 Å². The van der Waals surface area contributed by atoms with Crippen molar-refractivity contribution in [1.29, 1.82) is 0 Å². The number of hydrogen-bond acceptors (Lipinski definition) is 8. The smallest absolute Gasteiger partial charge is 0.221 e. The Morgan fingerprint density at radius 3 is 1.34 bits per heavy atom. The fourth-order valence-electron chi connectivity index (χ4n) is 2.98. The van der Waals surface area contributed by atoms with E-state index in [0.29, 0.717) is 51.9 Å². The monoisotopic (exact) mass is 456 g/mol. The lowest BCUT2D eigenvalue weighted by Crippen LogP contribution is -2.40. The van der Waals surface area contributed by atoms with Crippen molar-refractivity contribution in [2.24, 2.45) is 0 Å². The van der Waals surface area contributed by atoms with E-state index in [0.717, 1.165) is 39.3 Å². The Labute approximate surface area is 193 Å². The number of carbonyl (C=O) groups excluding carboxylic acids is 4. The molecule has 0 spiro atoms. The van der Waals surface area contributed by atoms with E-state index in [4.69, 9.17) is 0 Å². The van der Waals surface area contributed by atoms with Gasteiger partial charge in [0.05, 0.1) is 0 Å². The maximum absolute atomic E-state index is 11.5. The Kier molecular flexibility index (Phi) is 18.6. The van der Waals surface area contributed by atoms with E-state index in [1.165, 1.54) is 0 Å². The molecule has 186 valence electrons. The lowest BCUT2D eigenvalue weighted by atomic mass is 10.2. The van der Waals surface area contributed by atoms with Crippen LogP contribution < -0.4 is 21.3 Å². The first-order valence-electron chi connectivity index (χ1n) is 11.5. The summed E-state index contributed by atoms with van der Waals surface area (Å²) in [4.78, 5) is 49.8. The van der Waals surface area contributed by atoms with Crippen molar-refractivity contribution in [1.82, 2.24) is 31.1 Å². The van der Waals surface area contributed by atoms with Gasteiger partial charge in [-0.1, -0.05) is 0 Å². The summed E-state index contributed by atoms with van der Waals surface area (Å²) in [6, 6.07) is 0. The molecule has 0 radical (unpaired) electrons. The molecule has 0 aliphatic heterocycles. The highest BCUT2D eigenvalue weighted by molar-refractivity contribution is 5.76. The number of amides is 2. The molecule has 0 saturated heterocycles. The number of nitrogens with one attached hydrogen (secondary N) is 4. The molecule has 0 aromatic heterocycles. The van der Waals surface area contributed by atoms with Crippen LogP contribution in [-0.2, 0) is 19.2 Å². The average molecular weight is 457 g/mol. The van der Waals surface area contributed by atoms with Gasteiger partial charge in [-0.3, -0.25) is 19.2 Å². The SMILES string of the molecule is CNC(=O)CCNCCN(CCNCCN(CCC(C)=O)CCC(=O)NC)CCC(C)=O. The molecule has 10 heteroatoms. The molecular weight excluding hydrogens is 412 g/mol. The summed E-state index contributed by atoms with van der Waals surface area (Å²) in [6.45, 7) is 10.5. The largest absolute Gasteiger partial charge is 0.359 e. The molecule has 32 heavy (non-hydrogen) atoms. The summed E-state index contributed by atoms with van der Waals surface area (Å²) < 4.78 is 0. The van der Waals surface area contributed by atoms with Crippen LogP contribution in [-0.4, -0.2) is 113 Å². The molecule has 0 aromatic carbocycles. The van der Waals surface area contributed by atoms with Gasteiger partial charge in [-0.15, -0.1) is 0 Å². The molecule has 0 aliphatic rings. The second-order valence-electron chi connectivity index (χ2n) is 7.93. The van der Waals surface area contributed by atoms with Gasteiger partial charge in [0.25, 0.3) is 0 Å². The van der Waals surface area contributed by atoms with Crippen LogP contribution in [0.25, 0.3) is 0 Å². The molecule has 0 aromatic rings. The fourth-order valence-corrected chi connectivity index (χ4v) is 2.98. The molecule has 4 N–H and O–H groups in total. The highest BCUT2D eigenvalue weighted by Crippen LogP contribution is 1.96. The van der Waals surface area contributed by atoms with Crippen molar-refractivity contribution in [2.45, 2.75) is 39.5 Å². The zero-order chi connectivity index (χ0) is 24.2. The van der Waals surface area contributed by atoms with Gasteiger partial charge in [0.15, 0.2) is 0 Å². The Morgan fingerprint density at radius 2 is 0.906 bits per heavy atom. The highest BCUT2D eigenvalue weighted by Gasteiger charge is 2.10. The number of carbonyl (C=O) groups is 4. The van der Waals surface area contributed by atoms with Gasteiger partial charge in [0, 0.05) is 105 Å². The second kappa shape index (κ2) is 19.8. The van der Waals surface area contributed by atoms with E-state index in [9.17, 15) is 19.2 Å². The van der Waals surface area contributed by atoms with E-state index in [2.05, 4.69) is 31.1 Å². The second-order valence-corrected chi connectivity index (χ2v) is 7.93. The summed E-state index contributed by atoms with van der Waals surface area (Å²) in [6.07, 6.45) is 1.88. The average Bonchev–Trinajstić information content (AvgIpc) is 2.76. The standard InChI is InChI=1S/C22H44N6O4/c1-19(29)6-13-27(15-8-22(32)24-4)16-11-26-12-18-28(14-7-20(2)30)17-10-25-9-5-21(31)23-3/h25-26H,5-18H2,1-4H3,(H,23,31)(H,24,32). The van der Waals surface area contributed by atoms with Crippen molar-refractivity contribution in [3.8, 4) is 0 Å². The Morgan fingerprint density at radius 1 is 0.531 bits per heavy atom. The van der Waals surface area contributed by atoms with Crippen molar-refractivity contribution in [3.63, 3.8) is 0 Å². The normalized spacial score (nSPS) is 11.1. The highest BCUT2D eigenvalue weighted by atomic mass is 16.2. The predicted molar refractivity (Wildman–Crippen MR) is 127 cm³/mol. The minimum atomic E-state index is -0.00386. The number of hydrogen-bond donors (Lipinski definition) is 4. The molecule has 0 unspecified atom stereocenters. The molecule has 0 fully saturated rings. The van der Waals surface area contributed by atoms with Gasteiger partial charge < -0.3 is 31.1 Å². The fraction of sp³-hybridized carbons (Fsp3) is 0.818. The third-order valence-electron chi connectivity index (χ3n) is 5.12. The van der Waals surface area contributed by atoms with Crippen LogP contribution in [0.15, 0.2) is 0 Å². The van der Waals surface area contributed by atoms with Crippen LogP contribution >= 0.6 is 0 Å². The first kappa shape index (κ1) is 30.1. The molecule has 0 aliphatic carbocycles. The summed E-state index contributed by atoms with van der Waals surface area (Å²) in [5, 5.41) is 11.9. The lowest BCUT2D eigenvalue weighted by molar-refractivity contribution is -0.121. The van der Waals surface area contributed by atoms with Crippen LogP contribution in [0.5, 0.6) is 0 Å². The van der Waals surface area contributed by atoms with E-state index < -0.39 is 0 Å². The Hall–Kier alpha value is -1.88. The third-order valence-corrected chi connectivity index (χ3v) is 5.12. The quantitative estimate of drug-likeness (QED) is 0.162. The van der Waals surface area contributed by atoms with Crippen molar-refractivity contribution in [3.05, 3.63) is 0 Å². The Bertz CT molecular complexity index is 559. The van der Waals surface area contributed by atoms with Gasteiger partial charge >= 0.3 is 0 Å². The first-order chi connectivity index (χ1) is 15.3. The predicted octanol–water partition coefficient (Wildman–Crippen LogP) is -1.000. The van der Waals surface area contributed by atoms with Crippen LogP contribution in [0.2, 0.25) is 0 Å². The molecule has 2 amide bonds. The number of Topliss-reactive ketones (excluding diaryl/α,β-unsaturated/α-hetero) is 2. The number of nitrogens with zero attached hydrogens (tertiary/aromatic N) is 2. The molecular formula is C22H44N6O4. The summed E-state index contributed by atoms with van der Waals surface area (Å²) in [5.41, 5.74) is 0. The minimum Gasteiger partial charge on any atom is -0.359 e. The number of rotatable bonds is 21. The van der Waals surface area contributed by atoms with Crippen molar-refractivity contribution < 1.29 is 19.2 Å². The van der Waals surface area contributed by atoms with Crippen LogP contribution in [0.1, 0.15) is 39.5 Å². The molecule has 0 saturated carbocycles. The number of ketones is 2. The van der Waals surface area contributed by atoms with Gasteiger partial charge in [-0.2, -0.15) is 0 Å². The molecule has 10 nitrogen and oxygen atoms in total. The van der Waals surface area contributed by atoms with Crippen LogP contribution in [0.3, 0.4) is 0 Å². The van der Waals surface area contributed by atoms with Crippen molar-refractivity contribution >= 4 is 23.4 Å². The first-order valence-corrected chi connectivity index (χ1v) is 11.5. The zero-order valence-electron chi connectivity index (χ0n) is 20.4. The van der Waals surface area contributed by atoms with Crippen LogP contribution in [0.4, 0.5) is 0 Å². The zero-order valence-corrected chi connectivity index (χ0v) is 20.4. The van der Waals surface area contributed by atoms with E-state index in [-0.39, 0.29) is 23.4 Å². The molecule has 0 heterocycles. The lowest BCUT2D eigenvalue weighted by Gasteiger charge is -2.24. The van der Waals surface area contributed by atoms with E-state index >= 15 is 0 Å². The molecule has 0 bridgehead atoms. The van der Waals surface area contributed by atoms with E-state index in [1.807, 2.05) is 0 Å².